The highest BCUT2D eigenvalue weighted by molar-refractivity contribution is 7.80. The van der Waals surface area contributed by atoms with E-state index in [9.17, 15) is 14.0 Å². The summed E-state index contributed by atoms with van der Waals surface area (Å²) in [5.74, 6) is -0.382. The summed E-state index contributed by atoms with van der Waals surface area (Å²) < 4.78 is 20.1. The molecule has 1 aromatic heterocycles. The molecule has 0 spiro atoms. The molecule has 0 aliphatic heterocycles. The Labute approximate surface area is 211 Å². The molecule has 4 aromatic rings. The van der Waals surface area contributed by atoms with Gasteiger partial charge in [-0.1, -0.05) is 11.6 Å². The molecule has 1 heterocycles. The number of benzene rings is 3. The third kappa shape index (κ3) is 5.34. The molecule has 4 rings (SSSR count). The summed E-state index contributed by atoms with van der Waals surface area (Å²) in [5.41, 5.74) is 2.95. The number of anilines is 1. The fraction of sp³-hybridized carbons (Fsp3) is 0.115. The van der Waals surface area contributed by atoms with Crippen molar-refractivity contribution >= 4 is 57.3 Å². The first-order valence-corrected chi connectivity index (χ1v) is 11.4. The van der Waals surface area contributed by atoms with E-state index < -0.39 is 0 Å². The van der Waals surface area contributed by atoms with Gasteiger partial charge in [0.05, 0.1) is 19.0 Å². The Morgan fingerprint density at radius 3 is 2.40 bits per heavy atom. The van der Waals surface area contributed by atoms with Crippen molar-refractivity contribution in [3.8, 4) is 5.75 Å². The normalized spacial score (nSPS) is 10.7. The van der Waals surface area contributed by atoms with Gasteiger partial charge in [0.2, 0.25) is 5.91 Å². The molecule has 6 nitrogen and oxygen atoms in total. The van der Waals surface area contributed by atoms with Crippen molar-refractivity contribution in [1.29, 1.82) is 0 Å². The average Bonchev–Trinajstić information content (AvgIpc) is 3.10. The van der Waals surface area contributed by atoms with Crippen LogP contribution < -0.4 is 15.4 Å². The molecule has 0 fully saturated rings. The van der Waals surface area contributed by atoms with E-state index in [-0.39, 0.29) is 29.2 Å². The molecule has 2 N–H and O–H groups in total. The Morgan fingerprint density at radius 1 is 1.06 bits per heavy atom. The maximum atomic E-state index is 13.4. The second kappa shape index (κ2) is 10.2. The second-order valence-electron chi connectivity index (χ2n) is 7.78. The zero-order valence-corrected chi connectivity index (χ0v) is 20.5. The van der Waals surface area contributed by atoms with Crippen LogP contribution in [0.2, 0.25) is 5.02 Å². The first-order valence-electron chi connectivity index (χ1n) is 10.6. The largest absolute Gasteiger partial charge is 0.497 e. The number of hydrogen-bond donors (Lipinski definition) is 2. The van der Waals surface area contributed by atoms with Gasteiger partial charge in [0.15, 0.2) is 5.11 Å². The summed E-state index contributed by atoms with van der Waals surface area (Å²) in [6.07, 6.45) is -0.0262. The third-order valence-corrected chi connectivity index (χ3v) is 5.98. The lowest BCUT2D eigenvalue weighted by atomic mass is 10.1. The molecule has 0 aliphatic rings. The van der Waals surface area contributed by atoms with E-state index in [1.165, 1.54) is 24.3 Å². The van der Waals surface area contributed by atoms with Gasteiger partial charge in [0.25, 0.3) is 5.91 Å². The smallest absolute Gasteiger partial charge is 0.262 e. The highest BCUT2D eigenvalue weighted by Crippen LogP contribution is 2.31. The average molecular weight is 510 g/mol. The number of amides is 1. The molecule has 0 unspecified atom stereocenters. The lowest BCUT2D eigenvalue weighted by Crippen LogP contribution is -2.35. The fourth-order valence-electron chi connectivity index (χ4n) is 3.82. The van der Waals surface area contributed by atoms with Crippen LogP contribution in [-0.2, 0) is 11.2 Å². The minimum atomic E-state index is -0.374. The van der Waals surface area contributed by atoms with Crippen LogP contribution >= 0.6 is 23.8 Å². The van der Waals surface area contributed by atoms with Crippen molar-refractivity contribution in [2.24, 2.45) is 0 Å². The molecular weight excluding hydrogens is 489 g/mol. The Balaban J connectivity index is 1.63. The SMILES string of the molecule is COc1ccc2c(c1)c(CC(=O)NC(=S)Nc1ccc(F)cc1)c(C)n2C(=O)c1ccc(Cl)cc1. The molecule has 3 aromatic carbocycles. The summed E-state index contributed by atoms with van der Waals surface area (Å²) in [7, 11) is 1.55. The number of nitrogens with zero attached hydrogens (tertiary/aromatic N) is 1. The predicted molar refractivity (Wildman–Crippen MR) is 139 cm³/mol. The molecule has 0 saturated heterocycles. The van der Waals surface area contributed by atoms with Crippen LogP contribution in [0.1, 0.15) is 21.6 Å². The van der Waals surface area contributed by atoms with E-state index in [0.29, 0.717) is 38.8 Å². The van der Waals surface area contributed by atoms with E-state index in [0.717, 1.165) is 5.39 Å². The van der Waals surface area contributed by atoms with Gasteiger partial charge in [-0.3, -0.25) is 14.2 Å². The summed E-state index contributed by atoms with van der Waals surface area (Å²) in [6, 6.07) is 17.6. The zero-order valence-electron chi connectivity index (χ0n) is 18.9. The van der Waals surface area contributed by atoms with Gasteiger partial charge in [-0.15, -0.1) is 0 Å². The van der Waals surface area contributed by atoms with Crippen molar-refractivity contribution in [2.45, 2.75) is 13.3 Å². The molecule has 9 heteroatoms. The molecule has 1 amide bonds. The Kier molecular flexibility index (Phi) is 7.14. The van der Waals surface area contributed by atoms with Gasteiger partial charge in [0.1, 0.15) is 11.6 Å². The molecule has 178 valence electrons. The number of carbonyl (C=O) groups excluding carboxylic acids is 2. The first-order chi connectivity index (χ1) is 16.8. The van der Waals surface area contributed by atoms with Gasteiger partial charge < -0.3 is 15.4 Å². The van der Waals surface area contributed by atoms with Crippen LogP contribution in [0.25, 0.3) is 10.9 Å². The molecule has 0 aliphatic carbocycles. The minimum Gasteiger partial charge on any atom is -0.497 e. The number of methoxy groups -OCH3 is 1. The summed E-state index contributed by atoms with van der Waals surface area (Å²) in [4.78, 5) is 26.2. The van der Waals surface area contributed by atoms with E-state index in [1.54, 1.807) is 61.1 Å². The van der Waals surface area contributed by atoms with Crippen molar-refractivity contribution in [3.05, 3.63) is 94.4 Å². The van der Waals surface area contributed by atoms with E-state index in [4.69, 9.17) is 28.6 Å². The zero-order chi connectivity index (χ0) is 25.1. The van der Waals surface area contributed by atoms with Crippen LogP contribution in [-0.4, -0.2) is 28.6 Å². The number of fused-ring (bicyclic) bond motifs is 1. The lowest BCUT2D eigenvalue weighted by Gasteiger charge is -2.10. The molecule has 0 saturated carbocycles. The van der Waals surface area contributed by atoms with Crippen LogP contribution in [0.15, 0.2) is 66.7 Å². The highest BCUT2D eigenvalue weighted by Gasteiger charge is 2.22. The highest BCUT2D eigenvalue weighted by atomic mass is 35.5. The first kappa shape index (κ1) is 24.4. The van der Waals surface area contributed by atoms with Crippen molar-refractivity contribution in [3.63, 3.8) is 0 Å². The number of rotatable bonds is 5. The number of nitrogens with one attached hydrogen (secondary N) is 2. The summed E-state index contributed by atoms with van der Waals surface area (Å²) >= 11 is 11.2. The Morgan fingerprint density at radius 2 is 1.74 bits per heavy atom. The standard InChI is InChI=1S/C26H21ClFN3O3S/c1-15-21(14-24(32)30-26(35)29-19-9-7-18(28)8-10-19)22-13-20(34-2)11-12-23(22)31(15)25(33)16-3-5-17(27)6-4-16/h3-13H,14H2,1-2H3,(H2,29,30,32,35). The number of aromatic nitrogens is 1. The lowest BCUT2D eigenvalue weighted by molar-refractivity contribution is -0.119. The van der Waals surface area contributed by atoms with E-state index >= 15 is 0 Å². The maximum absolute atomic E-state index is 13.4. The van der Waals surface area contributed by atoms with Gasteiger partial charge in [-0.05, 0) is 91.4 Å². The third-order valence-electron chi connectivity index (χ3n) is 5.53. The van der Waals surface area contributed by atoms with E-state index in [2.05, 4.69) is 10.6 Å². The number of ether oxygens (including phenoxy) is 1. The molecule has 35 heavy (non-hydrogen) atoms. The van der Waals surface area contributed by atoms with Gasteiger partial charge in [-0.25, -0.2) is 4.39 Å². The van der Waals surface area contributed by atoms with Gasteiger partial charge >= 0.3 is 0 Å². The Hall–Kier alpha value is -3.75. The Bertz CT molecular complexity index is 1430. The van der Waals surface area contributed by atoms with Crippen molar-refractivity contribution < 1.29 is 18.7 Å². The molecule has 0 atom stereocenters. The summed E-state index contributed by atoms with van der Waals surface area (Å²) in [6.45, 7) is 1.79. The minimum absolute atomic E-state index is 0.0262. The maximum Gasteiger partial charge on any atom is 0.262 e. The molecular formula is C26H21ClFN3O3S. The number of carbonyl (C=O) groups is 2. The molecule has 0 bridgehead atoms. The van der Waals surface area contributed by atoms with Crippen LogP contribution in [0.4, 0.5) is 10.1 Å². The summed E-state index contributed by atoms with van der Waals surface area (Å²) in [5, 5.41) is 6.82. The van der Waals surface area contributed by atoms with Crippen molar-refractivity contribution in [2.75, 3.05) is 12.4 Å². The van der Waals surface area contributed by atoms with E-state index in [1.807, 2.05) is 0 Å². The number of halogens is 2. The predicted octanol–water partition coefficient (Wildman–Crippen LogP) is 5.50. The van der Waals surface area contributed by atoms with Crippen LogP contribution in [0.5, 0.6) is 5.75 Å². The van der Waals surface area contributed by atoms with Crippen LogP contribution in [0.3, 0.4) is 0 Å². The van der Waals surface area contributed by atoms with Gasteiger partial charge in [0, 0.05) is 27.4 Å². The monoisotopic (exact) mass is 509 g/mol. The topological polar surface area (TPSA) is 72.4 Å². The van der Waals surface area contributed by atoms with Crippen molar-refractivity contribution in [1.82, 2.24) is 9.88 Å². The van der Waals surface area contributed by atoms with Crippen LogP contribution in [0, 0.1) is 12.7 Å². The molecule has 0 radical (unpaired) electrons. The van der Waals surface area contributed by atoms with Gasteiger partial charge in [-0.2, -0.15) is 0 Å². The second-order valence-corrected chi connectivity index (χ2v) is 8.63. The number of thiocarbonyl (C=S) groups is 1. The number of hydrogen-bond acceptors (Lipinski definition) is 4. The quantitative estimate of drug-likeness (QED) is 0.348. The fourth-order valence-corrected chi connectivity index (χ4v) is 4.18.